The second-order valence-electron chi connectivity index (χ2n) is 4.90. The average molecular weight is 317 g/mol. The number of likely N-dealkylation sites (N-methyl/N-ethyl adjacent to an activating group) is 1. The minimum Gasteiger partial charge on any atom is -0.480 e. The average Bonchev–Trinajstić information content (AvgIpc) is 2.87. The number of aliphatic carboxylic acids is 1. The largest absolute Gasteiger partial charge is 0.480 e. The molecule has 2 N–H and O–H groups in total. The van der Waals surface area contributed by atoms with E-state index in [1.165, 1.54) is 21.6 Å². The zero-order valence-corrected chi connectivity index (χ0v) is 13.5. The maximum absolute atomic E-state index is 12.2. The predicted octanol–water partition coefficient (Wildman–Crippen LogP) is 0.803. The van der Waals surface area contributed by atoms with E-state index in [0.29, 0.717) is 12.3 Å². The number of nitrogens with zero attached hydrogens (tertiary/aromatic N) is 2. The summed E-state index contributed by atoms with van der Waals surface area (Å²) in [5, 5.41) is 11.6. The Hall–Kier alpha value is -1.44. The summed E-state index contributed by atoms with van der Waals surface area (Å²) in [6.07, 6.45) is 1.61. The molecule has 1 saturated heterocycles. The van der Waals surface area contributed by atoms with Crippen LogP contribution in [0.1, 0.15) is 26.7 Å². The van der Waals surface area contributed by atoms with Crippen LogP contribution in [0.3, 0.4) is 0 Å². The zero-order chi connectivity index (χ0) is 16.0. The van der Waals surface area contributed by atoms with Crippen molar-refractivity contribution in [2.75, 3.05) is 25.9 Å². The Morgan fingerprint density at radius 1 is 1.38 bits per heavy atom. The molecule has 0 spiro atoms. The topological polar surface area (TPSA) is 90.0 Å². The van der Waals surface area contributed by atoms with Gasteiger partial charge in [0.2, 0.25) is 5.91 Å². The molecule has 0 bridgehead atoms. The van der Waals surface area contributed by atoms with Crippen molar-refractivity contribution in [2.24, 2.45) is 0 Å². The number of carboxylic acids is 1. The molecule has 7 nitrogen and oxygen atoms in total. The van der Waals surface area contributed by atoms with Gasteiger partial charge in [-0.15, -0.1) is 11.8 Å². The van der Waals surface area contributed by atoms with E-state index in [4.69, 9.17) is 0 Å². The Morgan fingerprint density at radius 3 is 2.57 bits per heavy atom. The SMILES string of the molecule is CCCC1SCC(C(=O)O)N1C(=O)NCC(=O)N(C)CC. The number of amides is 3. The summed E-state index contributed by atoms with van der Waals surface area (Å²) in [6.45, 7) is 4.28. The van der Waals surface area contributed by atoms with Gasteiger partial charge in [0.1, 0.15) is 6.04 Å². The number of hydrogen-bond donors (Lipinski definition) is 2. The second-order valence-corrected chi connectivity index (χ2v) is 6.12. The number of urea groups is 1. The molecule has 0 aromatic rings. The van der Waals surface area contributed by atoms with Gasteiger partial charge >= 0.3 is 12.0 Å². The second kappa shape index (κ2) is 8.11. The lowest BCUT2D eigenvalue weighted by molar-refractivity contribution is -0.141. The van der Waals surface area contributed by atoms with E-state index in [-0.39, 0.29) is 17.8 Å². The van der Waals surface area contributed by atoms with E-state index in [1.54, 1.807) is 7.05 Å². The first-order valence-electron chi connectivity index (χ1n) is 7.06. The van der Waals surface area contributed by atoms with Crippen molar-refractivity contribution in [3.8, 4) is 0 Å². The standard InChI is InChI=1S/C13H23N3O4S/c1-4-6-11-16(9(8-21-11)12(18)19)13(20)14-7-10(17)15(3)5-2/h9,11H,4-8H2,1-3H3,(H,14,20)(H,18,19). The van der Waals surface area contributed by atoms with Crippen LogP contribution >= 0.6 is 11.8 Å². The van der Waals surface area contributed by atoms with Gasteiger partial charge in [-0.25, -0.2) is 9.59 Å². The highest BCUT2D eigenvalue weighted by Crippen LogP contribution is 2.32. The van der Waals surface area contributed by atoms with Crippen LogP contribution in [0.2, 0.25) is 0 Å². The third kappa shape index (κ3) is 4.52. The molecule has 8 heteroatoms. The number of carbonyl (C=O) groups excluding carboxylic acids is 2. The van der Waals surface area contributed by atoms with E-state index in [2.05, 4.69) is 5.32 Å². The predicted molar refractivity (Wildman–Crippen MR) is 81.1 cm³/mol. The minimum absolute atomic E-state index is 0.116. The number of nitrogens with one attached hydrogen (secondary N) is 1. The lowest BCUT2D eigenvalue weighted by Crippen LogP contribution is -2.51. The number of rotatable bonds is 6. The molecule has 1 rings (SSSR count). The van der Waals surface area contributed by atoms with E-state index < -0.39 is 18.0 Å². The molecule has 1 heterocycles. The molecule has 2 unspecified atom stereocenters. The van der Waals surface area contributed by atoms with Gasteiger partial charge in [-0.2, -0.15) is 0 Å². The van der Waals surface area contributed by atoms with Crippen LogP contribution in [0.5, 0.6) is 0 Å². The molecular formula is C13H23N3O4S. The van der Waals surface area contributed by atoms with Gasteiger partial charge in [-0.05, 0) is 13.3 Å². The zero-order valence-electron chi connectivity index (χ0n) is 12.7. The Balaban J connectivity index is 2.66. The third-order valence-electron chi connectivity index (χ3n) is 3.44. The fraction of sp³-hybridized carbons (Fsp3) is 0.769. The summed E-state index contributed by atoms with van der Waals surface area (Å²) in [5.74, 6) is -0.819. The maximum atomic E-state index is 12.2. The van der Waals surface area contributed by atoms with Crippen molar-refractivity contribution in [3.63, 3.8) is 0 Å². The van der Waals surface area contributed by atoms with Gasteiger partial charge in [0.25, 0.3) is 0 Å². The summed E-state index contributed by atoms with van der Waals surface area (Å²) in [4.78, 5) is 38.0. The van der Waals surface area contributed by atoms with Gasteiger partial charge < -0.3 is 15.3 Å². The quantitative estimate of drug-likeness (QED) is 0.756. The molecule has 0 aromatic carbocycles. The van der Waals surface area contributed by atoms with Gasteiger partial charge in [0.05, 0.1) is 11.9 Å². The van der Waals surface area contributed by atoms with Crippen LogP contribution in [0.4, 0.5) is 4.79 Å². The maximum Gasteiger partial charge on any atom is 0.327 e. The first-order valence-corrected chi connectivity index (χ1v) is 8.11. The molecule has 0 aliphatic carbocycles. The van der Waals surface area contributed by atoms with Crippen LogP contribution in [-0.2, 0) is 9.59 Å². The number of carboxylic acid groups (broad SMARTS) is 1. The van der Waals surface area contributed by atoms with Crippen molar-refractivity contribution in [3.05, 3.63) is 0 Å². The molecule has 1 aliphatic heterocycles. The first kappa shape index (κ1) is 17.6. The lowest BCUT2D eigenvalue weighted by atomic mass is 10.2. The normalized spacial score (nSPS) is 21.2. The summed E-state index contributed by atoms with van der Waals surface area (Å²) in [7, 11) is 1.65. The molecule has 120 valence electrons. The van der Waals surface area contributed by atoms with Crippen LogP contribution in [0.15, 0.2) is 0 Å². The molecule has 2 atom stereocenters. The Bertz CT molecular complexity index is 405. The van der Waals surface area contributed by atoms with Crippen molar-refractivity contribution < 1.29 is 19.5 Å². The molecule has 3 amide bonds. The fourth-order valence-electron chi connectivity index (χ4n) is 2.05. The van der Waals surface area contributed by atoms with Gasteiger partial charge in [-0.1, -0.05) is 13.3 Å². The molecule has 1 aliphatic rings. The Labute approximate surface area is 129 Å². The Morgan fingerprint density at radius 2 is 2.05 bits per heavy atom. The monoisotopic (exact) mass is 317 g/mol. The first-order chi connectivity index (χ1) is 9.92. The van der Waals surface area contributed by atoms with E-state index in [9.17, 15) is 19.5 Å². The highest BCUT2D eigenvalue weighted by atomic mass is 32.2. The van der Waals surface area contributed by atoms with E-state index in [1.807, 2.05) is 13.8 Å². The summed E-state index contributed by atoms with van der Waals surface area (Å²) < 4.78 is 0. The summed E-state index contributed by atoms with van der Waals surface area (Å²) >= 11 is 1.47. The third-order valence-corrected chi connectivity index (χ3v) is 4.79. The van der Waals surface area contributed by atoms with Crippen LogP contribution < -0.4 is 5.32 Å². The molecule has 1 fully saturated rings. The minimum atomic E-state index is -1.01. The van der Waals surface area contributed by atoms with Crippen LogP contribution in [0, 0.1) is 0 Å². The molecular weight excluding hydrogens is 294 g/mol. The van der Waals surface area contributed by atoms with Gasteiger partial charge in [0.15, 0.2) is 0 Å². The van der Waals surface area contributed by atoms with Crippen LogP contribution in [0.25, 0.3) is 0 Å². The van der Waals surface area contributed by atoms with Crippen molar-refractivity contribution in [1.29, 1.82) is 0 Å². The van der Waals surface area contributed by atoms with Crippen molar-refractivity contribution >= 4 is 29.7 Å². The van der Waals surface area contributed by atoms with Gasteiger partial charge in [0, 0.05) is 19.3 Å². The van der Waals surface area contributed by atoms with E-state index >= 15 is 0 Å². The van der Waals surface area contributed by atoms with Crippen molar-refractivity contribution in [1.82, 2.24) is 15.1 Å². The molecule has 0 radical (unpaired) electrons. The number of thioether (sulfide) groups is 1. The number of carbonyl (C=O) groups is 3. The Kier molecular flexibility index (Phi) is 6.80. The highest BCUT2D eigenvalue weighted by molar-refractivity contribution is 8.00. The van der Waals surface area contributed by atoms with Crippen molar-refractivity contribution in [2.45, 2.75) is 38.1 Å². The summed E-state index contributed by atoms with van der Waals surface area (Å²) in [5.41, 5.74) is 0. The highest BCUT2D eigenvalue weighted by Gasteiger charge is 2.41. The fourth-order valence-corrected chi connectivity index (χ4v) is 3.56. The van der Waals surface area contributed by atoms with Gasteiger partial charge in [-0.3, -0.25) is 9.69 Å². The molecule has 0 saturated carbocycles. The smallest absolute Gasteiger partial charge is 0.327 e. The molecule has 21 heavy (non-hydrogen) atoms. The number of hydrogen-bond acceptors (Lipinski definition) is 4. The molecule has 0 aromatic heterocycles. The van der Waals surface area contributed by atoms with E-state index in [0.717, 1.165) is 12.8 Å². The van der Waals surface area contributed by atoms with Crippen LogP contribution in [-0.4, -0.2) is 70.1 Å². The lowest BCUT2D eigenvalue weighted by Gasteiger charge is -2.27. The summed E-state index contributed by atoms with van der Waals surface area (Å²) in [6, 6.07) is -1.31.